The number of aryl methyl sites for hydroxylation is 1. The maximum atomic E-state index is 12.1. The number of rotatable bonds is 3. The van der Waals surface area contributed by atoms with E-state index < -0.39 is 11.7 Å². The molecular formula is C10H8N6O4. The number of fused-ring (bicyclic) bond motifs is 1. The smallest absolute Gasteiger partial charge is 0.358 e. The normalized spacial score (nSPS) is 11.1. The molecule has 0 saturated heterocycles. The van der Waals surface area contributed by atoms with Crippen molar-refractivity contribution in [3.05, 3.63) is 40.0 Å². The molecule has 0 aliphatic carbocycles. The number of carboxylic acid groups (broad SMARTS) is 1. The van der Waals surface area contributed by atoms with Gasteiger partial charge in [-0.2, -0.15) is 4.68 Å². The molecule has 0 aromatic carbocycles. The fourth-order valence-corrected chi connectivity index (χ4v) is 1.73. The highest BCUT2D eigenvalue weighted by Gasteiger charge is 2.17. The molecule has 0 aliphatic rings. The third-order valence-corrected chi connectivity index (χ3v) is 2.60. The SMILES string of the molecule is Cc1cc(Cn2nnc3c(C(=O)O)ncn3c2=O)on1. The summed E-state index contributed by atoms with van der Waals surface area (Å²) in [6, 6.07) is 1.66. The van der Waals surface area contributed by atoms with E-state index in [-0.39, 0.29) is 17.9 Å². The maximum absolute atomic E-state index is 12.1. The van der Waals surface area contributed by atoms with E-state index in [1.54, 1.807) is 13.0 Å². The van der Waals surface area contributed by atoms with Crippen molar-refractivity contribution in [2.24, 2.45) is 0 Å². The highest BCUT2D eigenvalue weighted by molar-refractivity contribution is 5.91. The summed E-state index contributed by atoms with van der Waals surface area (Å²) in [6.45, 7) is 1.79. The van der Waals surface area contributed by atoms with Crippen LogP contribution in [0.4, 0.5) is 0 Å². The van der Waals surface area contributed by atoms with Crippen LogP contribution in [0.5, 0.6) is 0 Å². The second-order valence-corrected chi connectivity index (χ2v) is 4.06. The molecule has 3 aromatic heterocycles. The van der Waals surface area contributed by atoms with E-state index in [0.29, 0.717) is 11.5 Å². The van der Waals surface area contributed by atoms with Crippen molar-refractivity contribution in [3.63, 3.8) is 0 Å². The van der Waals surface area contributed by atoms with Crippen LogP contribution in [-0.2, 0) is 6.54 Å². The van der Waals surface area contributed by atoms with E-state index in [1.165, 1.54) is 0 Å². The molecule has 0 unspecified atom stereocenters. The van der Waals surface area contributed by atoms with Gasteiger partial charge in [-0.25, -0.2) is 19.0 Å². The lowest BCUT2D eigenvalue weighted by Crippen LogP contribution is -2.30. The molecule has 3 aromatic rings. The molecule has 1 N–H and O–H groups in total. The number of carboxylic acids is 1. The van der Waals surface area contributed by atoms with Gasteiger partial charge in [-0.1, -0.05) is 10.4 Å². The van der Waals surface area contributed by atoms with Gasteiger partial charge in [0.25, 0.3) is 0 Å². The summed E-state index contributed by atoms with van der Waals surface area (Å²) in [5, 5.41) is 20.0. The van der Waals surface area contributed by atoms with Crippen LogP contribution < -0.4 is 5.69 Å². The number of imidazole rings is 1. The fraction of sp³-hybridized carbons (Fsp3) is 0.200. The van der Waals surface area contributed by atoms with E-state index in [2.05, 4.69) is 20.5 Å². The largest absolute Gasteiger partial charge is 0.476 e. The second-order valence-electron chi connectivity index (χ2n) is 4.06. The zero-order valence-electron chi connectivity index (χ0n) is 10.2. The summed E-state index contributed by atoms with van der Waals surface area (Å²) in [5.41, 5.74) is -0.313. The molecule has 0 spiro atoms. The predicted octanol–water partition coefficient (Wildman–Crippen LogP) is -0.671. The van der Waals surface area contributed by atoms with Gasteiger partial charge in [0.05, 0.1) is 5.69 Å². The highest BCUT2D eigenvalue weighted by atomic mass is 16.5. The minimum atomic E-state index is -1.27. The second kappa shape index (κ2) is 4.26. The first-order chi connectivity index (χ1) is 9.56. The van der Waals surface area contributed by atoms with Crippen LogP contribution in [0, 0.1) is 6.92 Å². The number of carbonyl (C=O) groups is 1. The maximum Gasteiger partial charge on any atom is 0.358 e. The highest BCUT2D eigenvalue weighted by Crippen LogP contribution is 2.04. The molecule has 0 saturated carbocycles. The Morgan fingerprint density at radius 3 is 2.95 bits per heavy atom. The molecule has 3 heterocycles. The van der Waals surface area contributed by atoms with Crippen molar-refractivity contribution in [2.75, 3.05) is 0 Å². The standard InChI is InChI=1S/C10H8N6O4/c1-5-2-6(20-13-5)3-16-10(19)15-4-11-7(9(17)18)8(15)12-14-16/h2,4H,3H2,1H3,(H,17,18). The van der Waals surface area contributed by atoms with Crippen molar-refractivity contribution in [1.82, 2.24) is 29.5 Å². The van der Waals surface area contributed by atoms with Gasteiger partial charge in [-0.15, -0.1) is 5.10 Å². The van der Waals surface area contributed by atoms with Crippen LogP contribution in [0.25, 0.3) is 5.65 Å². The topological polar surface area (TPSA) is 128 Å². The minimum Gasteiger partial charge on any atom is -0.476 e. The van der Waals surface area contributed by atoms with Crippen LogP contribution >= 0.6 is 0 Å². The lowest BCUT2D eigenvalue weighted by Gasteiger charge is -2.00. The van der Waals surface area contributed by atoms with Crippen molar-refractivity contribution in [2.45, 2.75) is 13.5 Å². The number of hydrogen-bond acceptors (Lipinski definition) is 7. The summed E-state index contributed by atoms with van der Waals surface area (Å²) in [6.07, 6.45) is 1.10. The van der Waals surface area contributed by atoms with Crippen molar-refractivity contribution in [3.8, 4) is 0 Å². The first-order valence-corrected chi connectivity index (χ1v) is 5.52. The van der Waals surface area contributed by atoms with Crippen LogP contribution in [0.1, 0.15) is 21.9 Å². The summed E-state index contributed by atoms with van der Waals surface area (Å²) < 4.78 is 7.02. The summed E-state index contributed by atoms with van der Waals surface area (Å²) in [5.74, 6) is -0.832. The molecule has 0 atom stereocenters. The molecule has 20 heavy (non-hydrogen) atoms. The van der Waals surface area contributed by atoms with Crippen molar-refractivity contribution >= 4 is 11.6 Å². The van der Waals surface area contributed by atoms with Crippen molar-refractivity contribution in [1.29, 1.82) is 0 Å². The Hall–Kier alpha value is -3.04. The van der Waals surface area contributed by atoms with Gasteiger partial charge in [-0.3, -0.25) is 0 Å². The Morgan fingerprint density at radius 1 is 1.50 bits per heavy atom. The number of nitrogens with zero attached hydrogens (tertiary/aromatic N) is 6. The molecule has 0 radical (unpaired) electrons. The Balaban J connectivity index is 2.08. The van der Waals surface area contributed by atoms with Gasteiger partial charge in [0.15, 0.2) is 17.1 Å². The van der Waals surface area contributed by atoms with Crippen LogP contribution in [-0.4, -0.2) is 40.6 Å². The number of aromatic carboxylic acids is 1. The van der Waals surface area contributed by atoms with E-state index in [1.807, 2.05) is 0 Å². The first-order valence-electron chi connectivity index (χ1n) is 5.52. The fourth-order valence-electron chi connectivity index (χ4n) is 1.73. The number of hydrogen-bond donors (Lipinski definition) is 1. The van der Waals surface area contributed by atoms with Gasteiger partial charge >= 0.3 is 11.7 Å². The van der Waals surface area contributed by atoms with Gasteiger partial charge in [0.1, 0.15) is 12.9 Å². The summed E-state index contributed by atoms with van der Waals surface area (Å²) >= 11 is 0. The average molecular weight is 276 g/mol. The number of aromatic nitrogens is 6. The molecular weight excluding hydrogens is 268 g/mol. The zero-order chi connectivity index (χ0) is 14.3. The molecule has 0 fully saturated rings. The van der Waals surface area contributed by atoms with Crippen molar-refractivity contribution < 1.29 is 14.4 Å². The predicted molar refractivity (Wildman–Crippen MR) is 62.3 cm³/mol. The van der Waals surface area contributed by atoms with Gasteiger partial charge in [-0.05, 0) is 6.92 Å². The molecule has 10 heteroatoms. The van der Waals surface area contributed by atoms with Gasteiger partial charge in [0, 0.05) is 6.07 Å². The van der Waals surface area contributed by atoms with Crippen LogP contribution in [0.3, 0.4) is 0 Å². The third kappa shape index (κ3) is 1.83. The van der Waals surface area contributed by atoms with Gasteiger partial charge in [0.2, 0.25) is 0 Å². The van der Waals surface area contributed by atoms with E-state index in [0.717, 1.165) is 15.4 Å². The van der Waals surface area contributed by atoms with Crippen LogP contribution in [0.2, 0.25) is 0 Å². The Kier molecular flexibility index (Phi) is 2.56. The molecule has 0 aliphatic heterocycles. The zero-order valence-corrected chi connectivity index (χ0v) is 10.2. The van der Waals surface area contributed by atoms with Gasteiger partial charge < -0.3 is 9.63 Å². The van der Waals surface area contributed by atoms with E-state index in [9.17, 15) is 9.59 Å². The quantitative estimate of drug-likeness (QED) is 0.666. The molecule has 10 nitrogen and oxygen atoms in total. The average Bonchev–Trinajstić information content (AvgIpc) is 2.99. The molecule has 0 amide bonds. The molecule has 3 rings (SSSR count). The van der Waals surface area contributed by atoms with E-state index in [4.69, 9.17) is 9.63 Å². The Labute approximate surface area is 110 Å². The minimum absolute atomic E-state index is 0.0448. The third-order valence-electron chi connectivity index (χ3n) is 2.60. The molecule has 0 bridgehead atoms. The summed E-state index contributed by atoms with van der Waals surface area (Å²) in [4.78, 5) is 26.6. The monoisotopic (exact) mass is 276 g/mol. The first kappa shape index (κ1) is 12.0. The lowest BCUT2D eigenvalue weighted by atomic mass is 10.4. The Morgan fingerprint density at radius 2 is 2.30 bits per heavy atom. The lowest BCUT2D eigenvalue weighted by molar-refractivity contribution is 0.0693. The van der Waals surface area contributed by atoms with Crippen LogP contribution in [0.15, 0.2) is 21.7 Å². The van der Waals surface area contributed by atoms with E-state index >= 15 is 0 Å². The summed E-state index contributed by atoms with van der Waals surface area (Å²) in [7, 11) is 0. The molecule has 102 valence electrons. The Bertz CT molecular complexity index is 860.